The third-order valence-electron chi connectivity index (χ3n) is 4.10. The van der Waals surface area contributed by atoms with Gasteiger partial charge in [-0.2, -0.15) is 0 Å². The highest BCUT2D eigenvalue weighted by Crippen LogP contribution is 2.38. The number of amides is 2. The Labute approximate surface area is 133 Å². The average molecular weight is 322 g/mol. The minimum Gasteiger partial charge on any atom is -0.347 e. The number of hydrogen-bond donors (Lipinski definition) is 2. The lowest BCUT2D eigenvalue weighted by Crippen LogP contribution is -2.40. The largest absolute Gasteiger partial charge is 0.347 e. The predicted octanol–water partition coefficient (Wildman–Crippen LogP) is 1.57. The first-order valence-corrected chi connectivity index (χ1v) is 7.73. The maximum absolute atomic E-state index is 13.4. The van der Waals surface area contributed by atoms with Gasteiger partial charge in [0.05, 0.1) is 12.3 Å². The molecule has 1 aliphatic carbocycles. The fourth-order valence-electron chi connectivity index (χ4n) is 2.92. The molecule has 1 saturated heterocycles. The van der Waals surface area contributed by atoms with Crippen molar-refractivity contribution in [3.63, 3.8) is 0 Å². The molecule has 1 heterocycles. The zero-order valence-corrected chi connectivity index (χ0v) is 12.6. The van der Waals surface area contributed by atoms with Crippen molar-refractivity contribution < 1.29 is 23.5 Å². The molecule has 0 unspecified atom stereocenters. The number of carbonyl (C=O) groups excluding carboxylic acids is 2. The minimum atomic E-state index is -0.912. The second kappa shape index (κ2) is 6.64. The van der Waals surface area contributed by atoms with Crippen LogP contribution in [0.1, 0.15) is 25.7 Å². The van der Waals surface area contributed by atoms with Gasteiger partial charge in [-0.15, -0.1) is 0 Å². The Kier molecular flexibility index (Phi) is 4.58. The van der Waals surface area contributed by atoms with Gasteiger partial charge in [0, 0.05) is 19.4 Å². The second-order valence-electron chi connectivity index (χ2n) is 5.81. The third kappa shape index (κ3) is 3.68. The van der Waals surface area contributed by atoms with Gasteiger partial charge < -0.3 is 20.1 Å². The van der Waals surface area contributed by atoms with E-state index in [2.05, 4.69) is 10.6 Å². The number of carbonyl (C=O) groups is 2. The summed E-state index contributed by atoms with van der Waals surface area (Å²) in [6.07, 6.45) is 3.61. The first kappa shape index (κ1) is 15.9. The number of hydrogen-bond acceptors (Lipinski definition) is 4. The van der Waals surface area contributed by atoms with E-state index in [0.29, 0.717) is 6.61 Å². The van der Waals surface area contributed by atoms with Crippen molar-refractivity contribution in [2.45, 2.75) is 37.6 Å². The third-order valence-corrected chi connectivity index (χ3v) is 4.10. The summed E-state index contributed by atoms with van der Waals surface area (Å²) in [6, 6.07) is 5.67. The Bertz CT molecular complexity index is 601. The lowest BCUT2D eigenvalue weighted by Gasteiger charge is -2.21. The van der Waals surface area contributed by atoms with E-state index in [1.165, 1.54) is 18.2 Å². The molecule has 1 aliphatic heterocycles. The van der Waals surface area contributed by atoms with Gasteiger partial charge in [-0.25, -0.2) is 4.39 Å². The average Bonchev–Trinajstić information content (AvgIpc) is 3.17. The van der Waals surface area contributed by atoms with Crippen LogP contribution in [-0.4, -0.2) is 36.9 Å². The molecule has 1 saturated carbocycles. The van der Waals surface area contributed by atoms with Crippen LogP contribution in [0.4, 0.5) is 10.1 Å². The van der Waals surface area contributed by atoms with Gasteiger partial charge >= 0.3 is 11.8 Å². The van der Waals surface area contributed by atoms with Crippen LogP contribution in [0.2, 0.25) is 0 Å². The summed E-state index contributed by atoms with van der Waals surface area (Å²) in [5, 5.41) is 4.73. The van der Waals surface area contributed by atoms with E-state index in [0.717, 1.165) is 25.7 Å². The van der Waals surface area contributed by atoms with Gasteiger partial charge in [-0.1, -0.05) is 12.1 Å². The quantitative estimate of drug-likeness (QED) is 0.828. The molecule has 2 amide bonds. The molecular formula is C16H19FN2O4. The van der Waals surface area contributed by atoms with Crippen LogP contribution in [0.25, 0.3) is 0 Å². The number of benzene rings is 1. The number of para-hydroxylation sites is 1. The summed E-state index contributed by atoms with van der Waals surface area (Å²) in [7, 11) is 0. The highest BCUT2D eigenvalue weighted by molar-refractivity contribution is 6.39. The lowest BCUT2D eigenvalue weighted by atomic mass is 10.2. The zero-order valence-electron chi connectivity index (χ0n) is 12.6. The summed E-state index contributed by atoms with van der Waals surface area (Å²) >= 11 is 0. The highest BCUT2D eigenvalue weighted by Gasteiger charge is 2.43. The Morgan fingerprint density at radius 2 is 1.96 bits per heavy atom. The van der Waals surface area contributed by atoms with Crippen molar-refractivity contribution in [3.05, 3.63) is 30.1 Å². The fraction of sp³-hybridized carbons (Fsp3) is 0.500. The van der Waals surface area contributed by atoms with E-state index < -0.39 is 23.4 Å². The van der Waals surface area contributed by atoms with Gasteiger partial charge in [-0.3, -0.25) is 9.59 Å². The first-order chi connectivity index (χ1) is 11.1. The molecule has 124 valence electrons. The van der Waals surface area contributed by atoms with E-state index >= 15 is 0 Å². The van der Waals surface area contributed by atoms with E-state index in [1.54, 1.807) is 6.07 Å². The molecule has 0 aromatic heterocycles. The topological polar surface area (TPSA) is 76.7 Å². The molecule has 6 nitrogen and oxygen atoms in total. The van der Waals surface area contributed by atoms with Crippen LogP contribution in [0, 0.1) is 5.82 Å². The molecule has 23 heavy (non-hydrogen) atoms. The number of anilines is 1. The minimum absolute atomic E-state index is 0.0296. The zero-order chi connectivity index (χ0) is 16.3. The van der Waals surface area contributed by atoms with Crippen LogP contribution < -0.4 is 10.6 Å². The van der Waals surface area contributed by atoms with Crippen LogP contribution in [0.15, 0.2) is 24.3 Å². The van der Waals surface area contributed by atoms with Crippen molar-refractivity contribution in [1.29, 1.82) is 0 Å². The van der Waals surface area contributed by atoms with E-state index in [1.807, 2.05) is 0 Å². The van der Waals surface area contributed by atoms with Crippen LogP contribution in [0.3, 0.4) is 0 Å². The molecule has 1 aromatic carbocycles. The molecular weight excluding hydrogens is 303 g/mol. The summed E-state index contributed by atoms with van der Waals surface area (Å²) in [4.78, 5) is 23.5. The molecule has 2 fully saturated rings. The maximum Gasteiger partial charge on any atom is 0.313 e. The number of nitrogens with one attached hydrogen (secondary N) is 2. The molecule has 0 bridgehead atoms. The normalized spacial score (nSPS) is 22.2. The number of ether oxygens (including phenoxy) is 2. The standard InChI is InChI=1S/C16H19FN2O4/c17-12-5-1-2-6-13(12)19-15(21)14(20)18-9-11-10-22-16(23-11)7-3-4-8-16/h1-2,5-6,11H,3-4,7-10H2,(H,18,20)(H,19,21)/t11-/m0/s1. The molecule has 1 spiro atoms. The molecule has 3 rings (SSSR count). The summed E-state index contributed by atoms with van der Waals surface area (Å²) in [5.41, 5.74) is -0.0296. The first-order valence-electron chi connectivity index (χ1n) is 7.73. The molecule has 0 radical (unpaired) electrons. The monoisotopic (exact) mass is 322 g/mol. The molecule has 7 heteroatoms. The van der Waals surface area contributed by atoms with E-state index in [-0.39, 0.29) is 18.3 Å². The fourth-order valence-corrected chi connectivity index (χ4v) is 2.92. The van der Waals surface area contributed by atoms with Crippen molar-refractivity contribution in [2.24, 2.45) is 0 Å². The lowest BCUT2D eigenvalue weighted by molar-refractivity contribution is -0.161. The van der Waals surface area contributed by atoms with Crippen molar-refractivity contribution in [3.8, 4) is 0 Å². The Hall–Kier alpha value is -1.99. The van der Waals surface area contributed by atoms with E-state index in [9.17, 15) is 14.0 Å². The highest BCUT2D eigenvalue weighted by atomic mass is 19.1. The molecule has 1 aromatic rings. The maximum atomic E-state index is 13.4. The van der Waals surface area contributed by atoms with Crippen molar-refractivity contribution in [2.75, 3.05) is 18.5 Å². The van der Waals surface area contributed by atoms with Gasteiger partial charge in [-0.05, 0) is 25.0 Å². The van der Waals surface area contributed by atoms with Crippen molar-refractivity contribution in [1.82, 2.24) is 5.32 Å². The molecule has 1 atom stereocenters. The number of rotatable bonds is 3. The Morgan fingerprint density at radius 3 is 2.70 bits per heavy atom. The van der Waals surface area contributed by atoms with Gasteiger partial charge in [0.25, 0.3) is 0 Å². The molecule has 2 aliphatic rings. The van der Waals surface area contributed by atoms with Crippen LogP contribution >= 0.6 is 0 Å². The van der Waals surface area contributed by atoms with E-state index in [4.69, 9.17) is 9.47 Å². The second-order valence-corrected chi connectivity index (χ2v) is 5.81. The predicted molar refractivity (Wildman–Crippen MR) is 80.1 cm³/mol. The van der Waals surface area contributed by atoms with Gasteiger partial charge in [0.2, 0.25) is 0 Å². The van der Waals surface area contributed by atoms with Gasteiger partial charge in [0.1, 0.15) is 11.9 Å². The van der Waals surface area contributed by atoms with Crippen molar-refractivity contribution >= 4 is 17.5 Å². The summed E-state index contributed by atoms with van der Waals surface area (Å²) in [5.74, 6) is -2.83. The Balaban J connectivity index is 1.46. The Morgan fingerprint density at radius 1 is 1.22 bits per heavy atom. The summed E-state index contributed by atoms with van der Waals surface area (Å²) < 4.78 is 25.0. The van der Waals surface area contributed by atoms with Crippen LogP contribution in [-0.2, 0) is 19.1 Å². The number of halogens is 1. The molecule has 2 N–H and O–H groups in total. The SMILES string of the molecule is O=C(NC[C@H]1COC2(CCCC2)O1)C(=O)Nc1ccccc1F. The summed E-state index contributed by atoms with van der Waals surface area (Å²) in [6.45, 7) is 0.584. The van der Waals surface area contributed by atoms with Gasteiger partial charge in [0.15, 0.2) is 5.79 Å². The smallest absolute Gasteiger partial charge is 0.313 e. The van der Waals surface area contributed by atoms with Crippen LogP contribution in [0.5, 0.6) is 0 Å².